The van der Waals surface area contributed by atoms with Gasteiger partial charge in [0.05, 0.1) is 18.6 Å². The molecule has 3 aromatic rings. The number of benzene rings is 1. The van der Waals surface area contributed by atoms with E-state index in [4.69, 9.17) is 4.74 Å². The largest absolute Gasteiger partial charge is 0.497 e. The smallest absolute Gasteiger partial charge is 0.236 e. The number of ether oxygens (including phenoxy) is 1. The first-order chi connectivity index (χ1) is 12.5. The summed E-state index contributed by atoms with van der Waals surface area (Å²) in [5.41, 5.74) is 1.86. The number of rotatable bonds is 6. The van der Waals surface area contributed by atoms with Gasteiger partial charge in [-0.05, 0) is 45.0 Å². The highest BCUT2D eigenvalue weighted by atomic mass is 32.2. The molecule has 1 N–H and O–H groups in total. The summed E-state index contributed by atoms with van der Waals surface area (Å²) in [6.07, 6.45) is 0. The normalized spacial score (nSPS) is 10.8. The van der Waals surface area contributed by atoms with E-state index in [1.165, 1.54) is 23.1 Å². The summed E-state index contributed by atoms with van der Waals surface area (Å²) in [7, 11) is 1.63. The molecule has 9 heteroatoms. The molecule has 1 aromatic carbocycles. The number of aryl methyl sites for hydroxylation is 3. The third kappa shape index (κ3) is 4.05. The van der Waals surface area contributed by atoms with Crippen LogP contribution in [0, 0.1) is 20.8 Å². The van der Waals surface area contributed by atoms with E-state index >= 15 is 0 Å². The third-order valence-corrected chi connectivity index (χ3v) is 5.65. The van der Waals surface area contributed by atoms with E-state index in [1.807, 2.05) is 49.6 Å². The van der Waals surface area contributed by atoms with Crippen LogP contribution in [0.5, 0.6) is 5.75 Å². The van der Waals surface area contributed by atoms with E-state index in [-0.39, 0.29) is 11.7 Å². The number of nitrogens with one attached hydrogen (secondary N) is 1. The summed E-state index contributed by atoms with van der Waals surface area (Å²) >= 11 is 2.81. The maximum atomic E-state index is 12.2. The maximum Gasteiger partial charge on any atom is 0.236 e. The Morgan fingerprint density at radius 2 is 1.96 bits per heavy atom. The molecular formula is C17H19N5O2S2. The second-order valence-corrected chi connectivity index (χ2v) is 7.71. The predicted octanol–water partition coefficient (Wildman–Crippen LogP) is 3.39. The number of thiazole rings is 1. The van der Waals surface area contributed by atoms with E-state index in [2.05, 4.69) is 20.5 Å². The Morgan fingerprint density at radius 1 is 1.23 bits per heavy atom. The van der Waals surface area contributed by atoms with Gasteiger partial charge in [-0.25, -0.2) is 4.98 Å². The molecule has 1 amide bonds. The molecule has 0 saturated heterocycles. The fraction of sp³-hybridized carbons (Fsp3) is 0.294. The quantitative estimate of drug-likeness (QED) is 0.651. The van der Waals surface area contributed by atoms with Crippen LogP contribution in [0.3, 0.4) is 0 Å². The van der Waals surface area contributed by atoms with Crippen LogP contribution >= 0.6 is 23.1 Å². The number of amides is 1. The van der Waals surface area contributed by atoms with E-state index in [9.17, 15) is 4.79 Å². The van der Waals surface area contributed by atoms with E-state index in [0.29, 0.717) is 10.3 Å². The number of thioether (sulfide) groups is 1. The van der Waals surface area contributed by atoms with Crippen molar-refractivity contribution in [3.05, 3.63) is 40.7 Å². The Balaban J connectivity index is 1.69. The zero-order valence-electron chi connectivity index (χ0n) is 14.9. The molecule has 2 aromatic heterocycles. The summed E-state index contributed by atoms with van der Waals surface area (Å²) in [6.45, 7) is 5.79. The van der Waals surface area contributed by atoms with Gasteiger partial charge in [-0.3, -0.25) is 9.36 Å². The lowest BCUT2D eigenvalue weighted by molar-refractivity contribution is -0.113. The van der Waals surface area contributed by atoms with Gasteiger partial charge >= 0.3 is 0 Å². The highest BCUT2D eigenvalue weighted by Gasteiger charge is 2.14. The van der Waals surface area contributed by atoms with Crippen molar-refractivity contribution < 1.29 is 9.53 Å². The Bertz CT molecular complexity index is 898. The molecule has 7 nitrogen and oxygen atoms in total. The van der Waals surface area contributed by atoms with E-state index in [1.54, 1.807) is 7.11 Å². The van der Waals surface area contributed by atoms with Gasteiger partial charge in [0.25, 0.3) is 0 Å². The highest BCUT2D eigenvalue weighted by molar-refractivity contribution is 7.99. The molecule has 0 aliphatic heterocycles. The number of anilines is 1. The van der Waals surface area contributed by atoms with Crippen molar-refractivity contribution in [2.45, 2.75) is 25.9 Å². The molecule has 0 saturated carbocycles. The predicted molar refractivity (Wildman–Crippen MR) is 104 cm³/mol. The van der Waals surface area contributed by atoms with Crippen LogP contribution < -0.4 is 10.1 Å². The van der Waals surface area contributed by atoms with Gasteiger partial charge in [-0.1, -0.05) is 11.8 Å². The van der Waals surface area contributed by atoms with Crippen LogP contribution in [0.1, 0.15) is 16.4 Å². The Morgan fingerprint density at radius 3 is 2.58 bits per heavy atom. The van der Waals surface area contributed by atoms with Crippen molar-refractivity contribution in [2.75, 3.05) is 18.2 Å². The molecule has 0 fully saturated rings. The average Bonchev–Trinajstić information content (AvgIpc) is 3.15. The molecule has 2 heterocycles. The minimum absolute atomic E-state index is 0.120. The average molecular weight is 390 g/mol. The molecule has 0 unspecified atom stereocenters. The molecular weight excluding hydrogens is 370 g/mol. The molecule has 26 heavy (non-hydrogen) atoms. The number of carbonyl (C=O) groups excluding carboxylic acids is 1. The lowest BCUT2D eigenvalue weighted by atomic mass is 10.3. The number of hydrogen-bond donors (Lipinski definition) is 1. The Kier molecular flexibility index (Phi) is 5.58. The highest BCUT2D eigenvalue weighted by Crippen LogP contribution is 2.25. The molecule has 0 bridgehead atoms. The van der Waals surface area contributed by atoms with Gasteiger partial charge in [0.2, 0.25) is 5.91 Å². The van der Waals surface area contributed by atoms with E-state index < -0.39 is 0 Å². The van der Waals surface area contributed by atoms with Crippen molar-refractivity contribution >= 4 is 34.1 Å². The minimum atomic E-state index is -0.120. The van der Waals surface area contributed by atoms with Crippen LogP contribution in [0.2, 0.25) is 0 Å². The number of carbonyl (C=O) groups is 1. The molecule has 0 aliphatic rings. The van der Waals surface area contributed by atoms with Crippen LogP contribution in [-0.2, 0) is 4.79 Å². The first kappa shape index (κ1) is 18.4. The molecule has 0 atom stereocenters. The van der Waals surface area contributed by atoms with Crippen LogP contribution in [-0.4, -0.2) is 38.5 Å². The number of nitrogens with zero attached hydrogens (tertiary/aromatic N) is 4. The minimum Gasteiger partial charge on any atom is -0.497 e. The first-order valence-corrected chi connectivity index (χ1v) is 9.71. The standard InChI is InChI=1S/C17H19N5O2S2/c1-10-11(2)26-16(18-10)19-15(23)9-25-17-21-20-12(3)22(17)13-5-7-14(24-4)8-6-13/h5-8H,9H2,1-4H3,(H,18,19,23). The Hall–Kier alpha value is -2.39. The zero-order valence-corrected chi connectivity index (χ0v) is 16.6. The van der Waals surface area contributed by atoms with Gasteiger partial charge < -0.3 is 10.1 Å². The van der Waals surface area contributed by atoms with Crippen molar-refractivity contribution in [1.29, 1.82) is 0 Å². The lowest BCUT2D eigenvalue weighted by Gasteiger charge is -2.09. The Labute approximate surface area is 159 Å². The van der Waals surface area contributed by atoms with Crippen molar-refractivity contribution in [1.82, 2.24) is 19.7 Å². The molecule has 0 aliphatic carbocycles. The fourth-order valence-electron chi connectivity index (χ4n) is 2.28. The summed E-state index contributed by atoms with van der Waals surface area (Å²) in [5.74, 6) is 1.64. The molecule has 3 rings (SSSR count). The number of hydrogen-bond acceptors (Lipinski definition) is 7. The summed E-state index contributed by atoms with van der Waals surface area (Å²) in [4.78, 5) is 17.6. The molecule has 0 radical (unpaired) electrons. The second kappa shape index (κ2) is 7.88. The molecule has 0 spiro atoms. The van der Waals surface area contributed by atoms with Crippen LogP contribution in [0.15, 0.2) is 29.4 Å². The molecule has 136 valence electrons. The number of methoxy groups -OCH3 is 1. The van der Waals surface area contributed by atoms with Gasteiger partial charge in [-0.2, -0.15) is 0 Å². The van der Waals surface area contributed by atoms with Gasteiger partial charge in [0.15, 0.2) is 10.3 Å². The monoisotopic (exact) mass is 389 g/mol. The summed E-state index contributed by atoms with van der Waals surface area (Å²) < 4.78 is 7.10. The number of aromatic nitrogens is 4. The SMILES string of the molecule is COc1ccc(-n2c(C)nnc2SCC(=O)Nc2nc(C)c(C)s2)cc1. The first-order valence-electron chi connectivity index (χ1n) is 7.91. The van der Waals surface area contributed by atoms with Crippen molar-refractivity contribution in [3.63, 3.8) is 0 Å². The summed E-state index contributed by atoms with van der Waals surface area (Å²) in [6, 6.07) is 7.62. The van der Waals surface area contributed by atoms with Gasteiger partial charge in [-0.15, -0.1) is 21.5 Å². The van der Waals surface area contributed by atoms with E-state index in [0.717, 1.165) is 27.8 Å². The summed E-state index contributed by atoms with van der Waals surface area (Å²) in [5, 5.41) is 12.4. The maximum absolute atomic E-state index is 12.2. The fourth-order valence-corrected chi connectivity index (χ4v) is 3.90. The topological polar surface area (TPSA) is 81.9 Å². The third-order valence-electron chi connectivity index (χ3n) is 3.73. The van der Waals surface area contributed by atoms with Crippen molar-refractivity contribution in [2.24, 2.45) is 0 Å². The van der Waals surface area contributed by atoms with Gasteiger partial charge in [0.1, 0.15) is 11.6 Å². The van der Waals surface area contributed by atoms with Crippen molar-refractivity contribution in [3.8, 4) is 11.4 Å². The lowest BCUT2D eigenvalue weighted by Crippen LogP contribution is -2.14. The second-order valence-electron chi connectivity index (χ2n) is 5.56. The van der Waals surface area contributed by atoms with Crippen LogP contribution in [0.4, 0.5) is 5.13 Å². The zero-order chi connectivity index (χ0) is 18.7. The van der Waals surface area contributed by atoms with Crippen LogP contribution in [0.25, 0.3) is 5.69 Å². The van der Waals surface area contributed by atoms with Gasteiger partial charge in [0, 0.05) is 10.6 Å².